The van der Waals surface area contributed by atoms with Crippen LogP contribution in [0.4, 0.5) is 0 Å². The van der Waals surface area contributed by atoms with Crippen molar-refractivity contribution in [3.8, 4) is 0 Å². The van der Waals surface area contributed by atoms with Crippen LogP contribution in [0.3, 0.4) is 0 Å². The highest BCUT2D eigenvalue weighted by Gasteiger charge is 2.04. The molecule has 1 aromatic carbocycles. The van der Waals surface area contributed by atoms with Gasteiger partial charge in [-0.05, 0) is 0 Å². The molecular weight excluding hydrogens is 280 g/mol. The average molecular weight is 293 g/mol. The van der Waals surface area contributed by atoms with Gasteiger partial charge in [0.2, 0.25) is 5.91 Å². The number of benzene rings is 1. The van der Waals surface area contributed by atoms with Crippen molar-refractivity contribution in [1.82, 2.24) is 0 Å². The maximum Gasteiger partial charge on any atom is 0.249 e. The van der Waals surface area contributed by atoms with Crippen LogP contribution in [0.2, 0.25) is 0 Å². The fourth-order valence-electron chi connectivity index (χ4n) is 1.52. The largest absolute Gasteiger partial charge is 1.00 e. The highest BCUT2D eigenvalue weighted by Crippen LogP contribution is 1.98. The first-order chi connectivity index (χ1) is 7.75. The van der Waals surface area contributed by atoms with Gasteiger partial charge in [-0.1, -0.05) is 30.3 Å². The maximum absolute atomic E-state index is 10.9. The zero-order valence-electron chi connectivity index (χ0n) is 9.21. The number of rotatable bonds is 3. The third-order valence-electron chi connectivity index (χ3n) is 2.38. The van der Waals surface area contributed by atoms with Gasteiger partial charge in [0, 0.05) is 17.7 Å². The van der Waals surface area contributed by atoms with Crippen molar-refractivity contribution in [3.05, 3.63) is 66.0 Å². The minimum atomic E-state index is -0.396. The molecule has 0 aliphatic heterocycles. The molecule has 0 aliphatic carbocycles. The Bertz CT molecular complexity index is 483. The number of carbonyl (C=O) groups is 1. The molecule has 1 heterocycles. The van der Waals surface area contributed by atoms with E-state index in [2.05, 4.69) is 12.1 Å². The topological polar surface area (TPSA) is 47.0 Å². The van der Waals surface area contributed by atoms with E-state index in [1.165, 1.54) is 5.56 Å². The molecule has 2 aromatic rings. The Labute approximate surface area is 111 Å². The summed E-state index contributed by atoms with van der Waals surface area (Å²) in [6.07, 6.45) is 3.71. The smallest absolute Gasteiger partial charge is 0.249 e. The van der Waals surface area contributed by atoms with E-state index in [0.29, 0.717) is 5.56 Å². The zero-order valence-corrected chi connectivity index (χ0v) is 10.8. The third kappa shape index (κ3) is 3.67. The summed E-state index contributed by atoms with van der Waals surface area (Å²) in [5.41, 5.74) is 6.92. The second-order valence-electron chi connectivity index (χ2n) is 3.61. The van der Waals surface area contributed by atoms with Gasteiger partial charge < -0.3 is 22.7 Å². The second-order valence-corrected chi connectivity index (χ2v) is 3.61. The summed E-state index contributed by atoms with van der Waals surface area (Å²) >= 11 is 0. The van der Waals surface area contributed by atoms with Crippen LogP contribution in [0.25, 0.3) is 0 Å². The lowest BCUT2D eigenvalue weighted by Crippen LogP contribution is -3.00. The predicted octanol–water partition coefficient (Wildman–Crippen LogP) is -1.87. The van der Waals surface area contributed by atoms with Gasteiger partial charge in [-0.15, -0.1) is 0 Å². The van der Waals surface area contributed by atoms with Gasteiger partial charge in [0.1, 0.15) is 0 Å². The van der Waals surface area contributed by atoms with E-state index in [0.717, 1.165) is 6.54 Å². The molecule has 0 saturated heterocycles. The number of halogens is 1. The SMILES string of the molecule is NC(=O)c1cc[n+](Cc2ccccc2)cc1.[Br-]. The molecule has 0 atom stereocenters. The van der Waals surface area contributed by atoms with E-state index in [1.807, 2.05) is 35.2 Å². The summed E-state index contributed by atoms with van der Waals surface area (Å²) < 4.78 is 2.00. The lowest BCUT2D eigenvalue weighted by atomic mass is 10.2. The van der Waals surface area contributed by atoms with Crippen molar-refractivity contribution in [2.75, 3.05) is 0 Å². The first kappa shape index (κ1) is 13.4. The van der Waals surface area contributed by atoms with Crippen LogP contribution in [0.1, 0.15) is 15.9 Å². The summed E-state index contributed by atoms with van der Waals surface area (Å²) in [7, 11) is 0. The van der Waals surface area contributed by atoms with Gasteiger partial charge >= 0.3 is 0 Å². The molecule has 0 radical (unpaired) electrons. The van der Waals surface area contributed by atoms with Crippen molar-refractivity contribution in [2.45, 2.75) is 6.54 Å². The van der Waals surface area contributed by atoms with Crippen molar-refractivity contribution < 1.29 is 26.3 Å². The molecular formula is C13H13BrN2O. The molecule has 2 rings (SSSR count). The number of nitrogens with zero attached hydrogens (tertiary/aromatic N) is 1. The van der Waals surface area contributed by atoms with Gasteiger partial charge in [0.25, 0.3) is 0 Å². The van der Waals surface area contributed by atoms with Crippen LogP contribution in [0, 0.1) is 0 Å². The van der Waals surface area contributed by atoms with Crippen LogP contribution in [0.5, 0.6) is 0 Å². The van der Waals surface area contributed by atoms with E-state index < -0.39 is 5.91 Å². The Balaban J connectivity index is 0.00000144. The minimum Gasteiger partial charge on any atom is -1.00 e. The van der Waals surface area contributed by atoms with E-state index >= 15 is 0 Å². The summed E-state index contributed by atoms with van der Waals surface area (Å²) in [5.74, 6) is -0.396. The summed E-state index contributed by atoms with van der Waals surface area (Å²) in [5, 5.41) is 0. The lowest BCUT2D eigenvalue weighted by molar-refractivity contribution is -0.688. The fourth-order valence-corrected chi connectivity index (χ4v) is 1.52. The highest BCUT2D eigenvalue weighted by atomic mass is 79.9. The molecule has 0 bridgehead atoms. The van der Waals surface area contributed by atoms with Crippen LogP contribution >= 0.6 is 0 Å². The predicted molar refractivity (Wildman–Crippen MR) is 60.7 cm³/mol. The first-order valence-corrected chi connectivity index (χ1v) is 5.08. The van der Waals surface area contributed by atoms with Gasteiger partial charge in [-0.2, -0.15) is 0 Å². The van der Waals surface area contributed by atoms with E-state index in [9.17, 15) is 4.79 Å². The van der Waals surface area contributed by atoms with Crippen LogP contribution in [-0.4, -0.2) is 5.91 Å². The molecule has 0 aliphatic rings. The van der Waals surface area contributed by atoms with Crippen LogP contribution < -0.4 is 27.3 Å². The van der Waals surface area contributed by atoms with Crippen molar-refractivity contribution >= 4 is 5.91 Å². The van der Waals surface area contributed by atoms with Crippen molar-refractivity contribution in [1.29, 1.82) is 0 Å². The van der Waals surface area contributed by atoms with Gasteiger partial charge in [0.05, 0.1) is 5.56 Å². The molecule has 3 nitrogen and oxygen atoms in total. The average Bonchev–Trinajstić information content (AvgIpc) is 2.31. The number of nitrogens with two attached hydrogens (primary N) is 1. The number of carbonyl (C=O) groups excluding carboxylic acids is 1. The van der Waals surface area contributed by atoms with Crippen molar-refractivity contribution in [3.63, 3.8) is 0 Å². The number of aromatic nitrogens is 1. The van der Waals surface area contributed by atoms with Crippen LogP contribution in [-0.2, 0) is 6.54 Å². The molecule has 0 fully saturated rings. The summed E-state index contributed by atoms with van der Waals surface area (Å²) in [6.45, 7) is 0.792. The Morgan fingerprint density at radius 3 is 2.18 bits per heavy atom. The van der Waals surface area contributed by atoms with Gasteiger partial charge in [-0.25, -0.2) is 4.57 Å². The van der Waals surface area contributed by atoms with Gasteiger partial charge in [-0.3, -0.25) is 4.79 Å². The minimum absolute atomic E-state index is 0. The van der Waals surface area contributed by atoms with Gasteiger partial charge in [0.15, 0.2) is 18.9 Å². The monoisotopic (exact) mass is 292 g/mol. The normalized spacial score (nSPS) is 9.41. The Morgan fingerprint density at radius 2 is 1.65 bits per heavy atom. The molecule has 88 valence electrons. The molecule has 4 heteroatoms. The number of hydrogen-bond acceptors (Lipinski definition) is 1. The Kier molecular flexibility index (Phi) is 4.84. The standard InChI is InChI=1S/C13H12N2O.BrH/c14-13(16)12-6-8-15(9-7-12)10-11-4-2-1-3-5-11;/h1-9H,10H2,(H-,14,16);1H. The maximum atomic E-state index is 10.9. The third-order valence-corrected chi connectivity index (χ3v) is 2.38. The van der Waals surface area contributed by atoms with E-state index in [1.54, 1.807) is 12.1 Å². The molecule has 0 unspecified atom stereocenters. The molecule has 0 saturated carbocycles. The lowest BCUT2D eigenvalue weighted by Gasteiger charge is -1.98. The number of pyridine rings is 1. The Hall–Kier alpha value is -1.68. The fraction of sp³-hybridized carbons (Fsp3) is 0.0769. The highest BCUT2D eigenvalue weighted by molar-refractivity contribution is 5.92. The molecule has 17 heavy (non-hydrogen) atoms. The molecule has 1 amide bonds. The van der Waals surface area contributed by atoms with Crippen molar-refractivity contribution in [2.24, 2.45) is 5.73 Å². The Morgan fingerprint density at radius 1 is 1.06 bits per heavy atom. The second kappa shape index (κ2) is 6.15. The summed E-state index contributed by atoms with van der Waals surface area (Å²) in [6, 6.07) is 13.6. The van der Waals surface area contributed by atoms with E-state index in [-0.39, 0.29) is 17.0 Å². The zero-order chi connectivity index (χ0) is 11.4. The molecule has 0 spiro atoms. The number of amides is 1. The van der Waals surface area contributed by atoms with E-state index in [4.69, 9.17) is 5.73 Å². The molecule has 1 aromatic heterocycles. The summed E-state index contributed by atoms with van der Waals surface area (Å²) in [4.78, 5) is 10.9. The van der Waals surface area contributed by atoms with Crippen LogP contribution in [0.15, 0.2) is 54.9 Å². The quantitative estimate of drug-likeness (QED) is 0.662. The number of primary amides is 1. The molecule has 2 N–H and O–H groups in total. The first-order valence-electron chi connectivity index (χ1n) is 5.08. The number of hydrogen-bond donors (Lipinski definition) is 1.